The molecule has 3 heterocycles. The third kappa shape index (κ3) is 4.06. The maximum Gasteiger partial charge on any atom is 0.272 e. The predicted octanol–water partition coefficient (Wildman–Crippen LogP) is 5.08. The van der Waals surface area contributed by atoms with E-state index in [0.717, 1.165) is 29.7 Å². The number of likely N-dealkylation sites (tertiary alicyclic amines) is 1. The summed E-state index contributed by atoms with van der Waals surface area (Å²) in [7, 11) is 0. The van der Waals surface area contributed by atoms with E-state index in [1.165, 1.54) is 17.7 Å². The number of aryl methyl sites for hydroxylation is 1. The Hall–Kier alpha value is -3.74. The fourth-order valence-corrected chi connectivity index (χ4v) is 4.13. The van der Waals surface area contributed by atoms with Gasteiger partial charge in [0.2, 0.25) is 5.89 Å². The van der Waals surface area contributed by atoms with Crippen LogP contribution in [0.3, 0.4) is 0 Å². The van der Waals surface area contributed by atoms with Crippen LogP contribution < -0.4 is 0 Å². The fraction of sp³-hybridized carbons (Fsp3) is 0.240. The van der Waals surface area contributed by atoms with E-state index in [2.05, 4.69) is 15.2 Å². The number of aromatic nitrogens is 3. The molecule has 0 spiro atoms. The highest BCUT2D eigenvalue weighted by atomic mass is 19.1. The number of hydrogen-bond donors (Lipinski definition) is 1. The van der Waals surface area contributed by atoms with E-state index in [0.29, 0.717) is 30.3 Å². The molecule has 6 nitrogen and oxygen atoms in total. The highest BCUT2D eigenvalue weighted by Crippen LogP contribution is 2.33. The van der Waals surface area contributed by atoms with Crippen LogP contribution >= 0.6 is 0 Å². The zero-order valence-corrected chi connectivity index (χ0v) is 17.7. The van der Waals surface area contributed by atoms with E-state index in [1.54, 1.807) is 23.2 Å². The van der Waals surface area contributed by atoms with Crippen LogP contribution in [0.4, 0.5) is 4.39 Å². The molecule has 162 valence electrons. The Morgan fingerprint density at radius 3 is 2.88 bits per heavy atom. The SMILES string of the molecule is Cc1ccc(-c2cc(C(=O)N3CCCC3c3ncc(Cc4cccc(F)c4)o3)[nH]n2)cc1. The number of rotatable bonds is 5. The van der Waals surface area contributed by atoms with Crippen molar-refractivity contribution >= 4 is 5.91 Å². The third-order valence-corrected chi connectivity index (χ3v) is 5.79. The summed E-state index contributed by atoms with van der Waals surface area (Å²) in [5.41, 5.74) is 4.12. The van der Waals surface area contributed by atoms with Crippen molar-refractivity contribution in [2.24, 2.45) is 0 Å². The summed E-state index contributed by atoms with van der Waals surface area (Å²) in [5.74, 6) is 0.760. The van der Waals surface area contributed by atoms with Crippen molar-refractivity contribution in [1.82, 2.24) is 20.1 Å². The molecule has 1 amide bonds. The summed E-state index contributed by atoms with van der Waals surface area (Å²) in [4.78, 5) is 19.4. The molecule has 2 aromatic heterocycles. The Balaban J connectivity index is 1.32. The van der Waals surface area contributed by atoms with Crippen LogP contribution in [-0.2, 0) is 6.42 Å². The lowest BCUT2D eigenvalue weighted by molar-refractivity contribution is 0.0708. The van der Waals surface area contributed by atoms with Gasteiger partial charge >= 0.3 is 0 Å². The number of nitrogens with zero attached hydrogens (tertiary/aromatic N) is 3. The van der Waals surface area contributed by atoms with Crippen molar-refractivity contribution in [1.29, 1.82) is 0 Å². The first kappa shape index (κ1) is 20.2. The van der Waals surface area contributed by atoms with Gasteiger partial charge in [-0.05, 0) is 43.5 Å². The van der Waals surface area contributed by atoms with Gasteiger partial charge in [0, 0.05) is 18.5 Å². The number of aromatic amines is 1. The average molecular weight is 430 g/mol. The van der Waals surface area contributed by atoms with Gasteiger partial charge in [-0.15, -0.1) is 0 Å². The Kier molecular flexibility index (Phi) is 5.31. The van der Waals surface area contributed by atoms with Gasteiger partial charge in [0.1, 0.15) is 23.3 Å². The van der Waals surface area contributed by atoms with Crippen LogP contribution in [0.5, 0.6) is 0 Å². The number of nitrogens with one attached hydrogen (secondary N) is 1. The number of carbonyl (C=O) groups excluding carboxylic acids is 1. The van der Waals surface area contributed by atoms with Crippen molar-refractivity contribution in [3.63, 3.8) is 0 Å². The summed E-state index contributed by atoms with van der Waals surface area (Å²) in [6.45, 7) is 2.66. The maximum absolute atomic E-state index is 13.5. The second-order valence-corrected chi connectivity index (χ2v) is 8.16. The van der Waals surface area contributed by atoms with Crippen LogP contribution in [0.1, 0.15) is 52.1 Å². The van der Waals surface area contributed by atoms with Crippen molar-refractivity contribution in [2.75, 3.05) is 6.54 Å². The molecule has 5 rings (SSSR count). The van der Waals surface area contributed by atoms with Gasteiger partial charge in [-0.1, -0.05) is 42.0 Å². The van der Waals surface area contributed by atoms with E-state index in [4.69, 9.17) is 4.42 Å². The average Bonchev–Trinajstić information content (AvgIpc) is 3.54. The van der Waals surface area contributed by atoms with Gasteiger partial charge in [-0.25, -0.2) is 9.37 Å². The monoisotopic (exact) mass is 430 g/mol. The summed E-state index contributed by atoms with van der Waals surface area (Å²) in [6.07, 6.45) is 3.76. The molecule has 7 heteroatoms. The number of carbonyl (C=O) groups is 1. The van der Waals surface area contributed by atoms with Crippen LogP contribution in [-0.4, -0.2) is 32.5 Å². The number of H-pyrrole nitrogens is 1. The molecule has 0 radical (unpaired) electrons. The lowest BCUT2D eigenvalue weighted by Gasteiger charge is -2.21. The molecular formula is C25H23FN4O2. The Bertz CT molecular complexity index is 1240. The van der Waals surface area contributed by atoms with E-state index in [9.17, 15) is 9.18 Å². The quantitative estimate of drug-likeness (QED) is 0.479. The lowest BCUT2D eigenvalue weighted by atomic mass is 10.1. The molecule has 1 fully saturated rings. The molecule has 0 bridgehead atoms. The number of oxazole rings is 1. The number of hydrogen-bond acceptors (Lipinski definition) is 4. The third-order valence-electron chi connectivity index (χ3n) is 5.79. The van der Waals surface area contributed by atoms with E-state index in [-0.39, 0.29) is 17.8 Å². The highest BCUT2D eigenvalue weighted by Gasteiger charge is 2.34. The highest BCUT2D eigenvalue weighted by molar-refractivity contribution is 5.93. The summed E-state index contributed by atoms with van der Waals surface area (Å²) >= 11 is 0. The van der Waals surface area contributed by atoms with Gasteiger partial charge in [-0.2, -0.15) is 5.10 Å². The Morgan fingerprint density at radius 1 is 1.22 bits per heavy atom. The van der Waals surface area contributed by atoms with Crippen LogP contribution in [0.25, 0.3) is 11.3 Å². The topological polar surface area (TPSA) is 75.0 Å². The van der Waals surface area contributed by atoms with Crippen LogP contribution in [0, 0.1) is 12.7 Å². The molecule has 0 saturated carbocycles. The van der Waals surface area contributed by atoms with E-state index in [1.807, 2.05) is 37.3 Å². The molecule has 0 aliphatic carbocycles. The molecular weight excluding hydrogens is 407 g/mol. The normalized spacial score (nSPS) is 15.9. The minimum atomic E-state index is -0.278. The van der Waals surface area contributed by atoms with Gasteiger partial charge in [0.05, 0.1) is 11.9 Å². The largest absolute Gasteiger partial charge is 0.443 e. The van der Waals surface area contributed by atoms with E-state index >= 15 is 0 Å². The molecule has 2 aromatic carbocycles. The Labute approximate surface area is 185 Å². The second-order valence-electron chi connectivity index (χ2n) is 8.16. The maximum atomic E-state index is 13.5. The number of amides is 1. The molecule has 1 saturated heterocycles. The first-order valence-electron chi connectivity index (χ1n) is 10.7. The standard InChI is InChI=1S/C25H23FN4O2/c1-16-7-9-18(10-8-16)21-14-22(29-28-21)25(31)30-11-3-6-23(30)24-27-15-20(32-24)13-17-4-2-5-19(26)12-17/h2,4-5,7-10,12,14-15,23H,3,6,11,13H2,1H3,(H,28,29). The van der Waals surface area contributed by atoms with Crippen LogP contribution in [0.2, 0.25) is 0 Å². The zero-order chi connectivity index (χ0) is 22.1. The molecule has 1 atom stereocenters. The minimum absolute atomic E-state index is 0.122. The summed E-state index contributed by atoms with van der Waals surface area (Å²) in [6, 6.07) is 16.0. The fourth-order valence-electron chi connectivity index (χ4n) is 4.13. The molecule has 1 N–H and O–H groups in total. The number of benzene rings is 2. The first-order chi connectivity index (χ1) is 15.6. The summed E-state index contributed by atoms with van der Waals surface area (Å²) in [5, 5.41) is 7.21. The van der Waals surface area contributed by atoms with Gasteiger partial charge < -0.3 is 9.32 Å². The first-order valence-corrected chi connectivity index (χ1v) is 10.7. The summed E-state index contributed by atoms with van der Waals surface area (Å²) < 4.78 is 19.4. The minimum Gasteiger partial charge on any atom is -0.443 e. The van der Waals surface area contributed by atoms with Gasteiger partial charge in [0.25, 0.3) is 5.91 Å². The zero-order valence-electron chi connectivity index (χ0n) is 17.7. The van der Waals surface area contributed by atoms with Crippen LogP contribution in [0.15, 0.2) is 65.2 Å². The second kappa shape index (κ2) is 8.42. The molecule has 4 aromatic rings. The van der Waals surface area contributed by atoms with Crippen molar-refractivity contribution < 1.29 is 13.6 Å². The predicted molar refractivity (Wildman–Crippen MR) is 117 cm³/mol. The molecule has 1 unspecified atom stereocenters. The molecule has 32 heavy (non-hydrogen) atoms. The Morgan fingerprint density at radius 2 is 2.06 bits per heavy atom. The van der Waals surface area contributed by atoms with Gasteiger partial charge in [-0.3, -0.25) is 9.89 Å². The van der Waals surface area contributed by atoms with Crippen molar-refractivity contribution in [2.45, 2.75) is 32.2 Å². The lowest BCUT2D eigenvalue weighted by Crippen LogP contribution is -2.31. The van der Waals surface area contributed by atoms with Crippen molar-refractivity contribution in [3.05, 3.63) is 95.1 Å². The molecule has 1 aliphatic heterocycles. The van der Waals surface area contributed by atoms with Gasteiger partial charge in [0.15, 0.2) is 0 Å². The van der Waals surface area contributed by atoms with E-state index < -0.39 is 0 Å². The number of halogens is 1. The van der Waals surface area contributed by atoms with Crippen molar-refractivity contribution in [3.8, 4) is 11.3 Å². The molecule has 1 aliphatic rings. The smallest absolute Gasteiger partial charge is 0.272 e.